The highest BCUT2D eigenvalue weighted by atomic mass is 35.5. The van der Waals surface area contributed by atoms with Crippen molar-refractivity contribution in [3.05, 3.63) is 55.4 Å². The predicted molar refractivity (Wildman–Crippen MR) is 73.1 cm³/mol. The Morgan fingerprint density at radius 1 is 1.21 bits per heavy atom. The molecule has 8 heteroatoms. The number of hydrogen-bond donors (Lipinski definition) is 2. The largest absolute Gasteiger partial charge is 0.291 e. The summed E-state index contributed by atoms with van der Waals surface area (Å²) in [5.41, 5.74) is 1.20. The summed E-state index contributed by atoms with van der Waals surface area (Å²) in [6.45, 7) is 0. The second kappa shape index (κ2) is 4.52. The van der Waals surface area contributed by atoms with Crippen LogP contribution < -0.4 is 11.1 Å². The number of hydrogen-bond acceptors (Lipinski definition) is 4. The van der Waals surface area contributed by atoms with E-state index < -0.39 is 0 Å². The molecule has 0 spiro atoms. The molecule has 0 amide bonds. The summed E-state index contributed by atoms with van der Waals surface area (Å²) in [5.74, 6) is 0. The van der Waals surface area contributed by atoms with Crippen LogP contribution in [-0.2, 0) is 0 Å². The number of benzene rings is 1. The van der Waals surface area contributed by atoms with Gasteiger partial charge in [-0.1, -0.05) is 23.7 Å². The van der Waals surface area contributed by atoms with Crippen LogP contribution in [0.1, 0.15) is 0 Å². The van der Waals surface area contributed by atoms with Crippen LogP contribution in [0, 0.1) is 0 Å². The molecule has 0 radical (unpaired) electrons. The number of aromatic nitrogens is 4. The minimum atomic E-state index is -0.288. The van der Waals surface area contributed by atoms with E-state index >= 15 is 0 Å². The van der Waals surface area contributed by atoms with Crippen LogP contribution in [-0.4, -0.2) is 19.4 Å². The minimum absolute atomic E-state index is 0.180. The van der Waals surface area contributed by atoms with Gasteiger partial charge in [-0.2, -0.15) is 5.10 Å². The number of nitrogens with one attached hydrogen (secondary N) is 2. The monoisotopic (exact) mass is 294 g/mol. The predicted octanol–water partition coefficient (Wildman–Crippen LogP) is 1.63. The first-order chi connectivity index (χ1) is 9.15. The van der Waals surface area contributed by atoms with E-state index in [0.717, 1.165) is 11.5 Å². The molecule has 96 valence electrons. The standard InChI is InChI=1S/C11H7ClN4O2S/c12-8-5-9(17)16(19-8)7-3-1-6(2-4-7)10-11(18)14-15-13-10/h1-5H,(H2,13,14,15,18). The maximum atomic E-state index is 11.6. The first kappa shape index (κ1) is 11.9. The SMILES string of the molecule is O=c1[nH][nH]nc1-c1ccc(-n2sc(Cl)cc2=O)cc1. The maximum absolute atomic E-state index is 11.6. The Hall–Kier alpha value is -2.12. The van der Waals surface area contributed by atoms with Gasteiger partial charge in [-0.15, -0.1) is 0 Å². The van der Waals surface area contributed by atoms with Crippen molar-refractivity contribution in [2.24, 2.45) is 0 Å². The van der Waals surface area contributed by atoms with Gasteiger partial charge in [0.15, 0.2) is 5.69 Å². The third kappa shape index (κ3) is 2.13. The number of aromatic amines is 2. The third-order valence-electron chi connectivity index (χ3n) is 2.54. The fraction of sp³-hybridized carbons (Fsp3) is 0. The van der Waals surface area contributed by atoms with E-state index in [1.165, 1.54) is 10.0 Å². The lowest BCUT2D eigenvalue weighted by atomic mass is 10.1. The van der Waals surface area contributed by atoms with Crippen LogP contribution in [0.15, 0.2) is 39.9 Å². The van der Waals surface area contributed by atoms with Gasteiger partial charge in [0.1, 0.15) is 4.34 Å². The van der Waals surface area contributed by atoms with E-state index in [2.05, 4.69) is 15.4 Å². The van der Waals surface area contributed by atoms with Gasteiger partial charge in [0.2, 0.25) is 0 Å². The molecule has 0 saturated heterocycles. The van der Waals surface area contributed by atoms with Gasteiger partial charge in [-0.05, 0) is 23.7 Å². The highest BCUT2D eigenvalue weighted by Crippen LogP contribution is 2.19. The zero-order valence-corrected chi connectivity index (χ0v) is 11.0. The van der Waals surface area contributed by atoms with E-state index in [-0.39, 0.29) is 11.1 Å². The number of rotatable bonds is 2. The molecule has 0 saturated carbocycles. The van der Waals surface area contributed by atoms with Gasteiger partial charge in [-0.3, -0.25) is 9.59 Å². The quantitative estimate of drug-likeness (QED) is 0.753. The van der Waals surface area contributed by atoms with Gasteiger partial charge in [0.25, 0.3) is 11.1 Å². The molecule has 2 heterocycles. The fourth-order valence-corrected chi connectivity index (χ4v) is 2.69. The zero-order valence-electron chi connectivity index (χ0n) is 9.38. The molecule has 0 aliphatic heterocycles. The molecular formula is C11H7ClN4O2S. The van der Waals surface area contributed by atoms with E-state index in [0.29, 0.717) is 21.3 Å². The maximum Gasteiger partial charge on any atom is 0.291 e. The Morgan fingerprint density at radius 3 is 2.47 bits per heavy atom. The zero-order chi connectivity index (χ0) is 13.4. The third-order valence-corrected chi connectivity index (χ3v) is 3.72. The molecule has 1 aromatic carbocycles. The van der Waals surface area contributed by atoms with E-state index in [1.54, 1.807) is 24.3 Å². The van der Waals surface area contributed by atoms with Gasteiger partial charge in [-0.25, -0.2) is 14.3 Å². The molecule has 0 aliphatic rings. The molecule has 6 nitrogen and oxygen atoms in total. The van der Waals surface area contributed by atoms with Crippen LogP contribution in [0.4, 0.5) is 0 Å². The summed E-state index contributed by atoms with van der Waals surface area (Å²) < 4.78 is 1.90. The lowest BCUT2D eigenvalue weighted by Gasteiger charge is -2.01. The van der Waals surface area contributed by atoms with E-state index in [9.17, 15) is 9.59 Å². The lowest BCUT2D eigenvalue weighted by molar-refractivity contribution is 0.931. The Kier molecular flexibility index (Phi) is 2.84. The van der Waals surface area contributed by atoms with Crippen LogP contribution in [0.2, 0.25) is 4.34 Å². The second-order valence-electron chi connectivity index (χ2n) is 3.75. The Morgan fingerprint density at radius 2 is 1.95 bits per heavy atom. The average molecular weight is 295 g/mol. The van der Waals surface area contributed by atoms with Crippen molar-refractivity contribution in [1.82, 2.24) is 19.4 Å². The van der Waals surface area contributed by atoms with Crippen LogP contribution in [0.25, 0.3) is 16.9 Å². The van der Waals surface area contributed by atoms with Crippen LogP contribution in [0.5, 0.6) is 0 Å². The number of nitrogens with zero attached hydrogens (tertiary/aromatic N) is 2. The number of halogens is 1. The Bertz CT molecular complexity index is 827. The van der Waals surface area contributed by atoms with E-state index in [4.69, 9.17) is 11.6 Å². The highest BCUT2D eigenvalue weighted by Gasteiger charge is 2.08. The summed E-state index contributed by atoms with van der Waals surface area (Å²) >= 11 is 6.94. The van der Waals surface area contributed by atoms with Gasteiger partial charge >= 0.3 is 0 Å². The normalized spacial score (nSPS) is 10.8. The molecule has 19 heavy (non-hydrogen) atoms. The van der Waals surface area contributed by atoms with Gasteiger partial charge in [0, 0.05) is 11.6 Å². The summed E-state index contributed by atoms with van der Waals surface area (Å²) in [6.07, 6.45) is 0. The summed E-state index contributed by atoms with van der Waals surface area (Å²) in [4.78, 5) is 23.0. The van der Waals surface area contributed by atoms with Crippen LogP contribution >= 0.6 is 23.1 Å². The lowest BCUT2D eigenvalue weighted by Crippen LogP contribution is -2.09. The topological polar surface area (TPSA) is 83.5 Å². The van der Waals surface area contributed by atoms with Crippen LogP contribution in [0.3, 0.4) is 0 Å². The average Bonchev–Trinajstić information content (AvgIpc) is 2.96. The summed E-state index contributed by atoms with van der Waals surface area (Å²) in [5, 5.41) is 8.59. The minimum Gasteiger partial charge on any atom is -0.268 e. The second-order valence-corrected chi connectivity index (χ2v) is 5.36. The van der Waals surface area contributed by atoms with E-state index in [1.807, 2.05) is 0 Å². The molecule has 2 N–H and O–H groups in total. The van der Waals surface area contributed by atoms with Crippen molar-refractivity contribution in [1.29, 1.82) is 0 Å². The molecular weight excluding hydrogens is 288 g/mol. The van der Waals surface area contributed by atoms with Gasteiger partial charge < -0.3 is 0 Å². The Balaban J connectivity index is 2.04. The van der Waals surface area contributed by atoms with Crippen molar-refractivity contribution < 1.29 is 0 Å². The molecule has 2 aromatic heterocycles. The van der Waals surface area contributed by atoms with Crippen molar-refractivity contribution in [2.45, 2.75) is 0 Å². The highest BCUT2D eigenvalue weighted by molar-refractivity contribution is 7.11. The molecule has 0 atom stereocenters. The van der Waals surface area contributed by atoms with Crippen molar-refractivity contribution in [3.8, 4) is 16.9 Å². The molecule has 3 aromatic rings. The van der Waals surface area contributed by atoms with Crippen molar-refractivity contribution in [3.63, 3.8) is 0 Å². The van der Waals surface area contributed by atoms with Crippen molar-refractivity contribution in [2.75, 3.05) is 0 Å². The first-order valence-electron chi connectivity index (χ1n) is 5.28. The summed E-state index contributed by atoms with van der Waals surface area (Å²) in [7, 11) is 0. The fourth-order valence-electron chi connectivity index (χ4n) is 1.69. The molecule has 0 aliphatic carbocycles. The van der Waals surface area contributed by atoms with Crippen molar-refractivity contribution >= 4 is 23.1 Å². The molecule has 3 rings (SSSR count). The molecule has 0 fully saturated rings. The smallest absolute Gasteiger partial charge is 0.268 e. The number of H-pyrrole nitrogens is 2. The summed E-state index contributed by atoms with van der Waals surface area (Å²) in [6, 6.07) is 8.27. The Labute approximate surface area is 115 Å². The molecule has 0 unspecified atom stereocenters. The first-order valence-corrected chi connectivity index (χ1v) is 6.43. The van der Waals surface area contributed by atoms with Gasteiger partial charge in [0.05, 0.1) is 5.69 Å². The molecule has 0 bridgehead atoms.